The van der Waals surface area contributed by atoms with Crippen molar-refractivity contribution >= 4 is 11.8 Å². The number of thioether (sulfide) groups is 1. The molecule has 0 spiro atoms. The third-order valence-corrected chi connectivity index (χ3v) is 3.76. The molecule has 0 aliphatic heterocycles. The SMILES string of the molecule is CCSc1ccc(Cc2cccc(CN)c2)cc1. The molecule has 0 heterocycles. The highest BCUT2D eigenvalue weighted by molar-refractivity contribution is 7.99. The van der Waals surface area contributed by atoms with Crippen LogP contribution in [0.5, 0.6) is 0 Å². The molecule has 0 saturated carbocycles. The molecule has 1 nitrogen and oxygen atoms in total. The van der Waals surface area contributed by atoms with Gasteiger partial charge in [-0.05, 0) is 41.0 Å². The summed E-state index contributed by atoms with van der Waals surface area (Å²) in [5.74, 6) is 1.12. The van der Waals surface area contributed by atoms with E-state index < -0.39 is 0 Å². The molecule has 0 atom stereocenters. The molecule has 0 aromatic heterocycles. The normalized spacial score (nSPS) is 10.6. The first kappa shape index (κ1) is 13.2. The van der Waals surface area contributed by atoms with Crippen molar-refractivity contribution in [2.45, 2.75) is 24.8 Å². The topological polar surface area (TPSA) is 26.0 Å². The lowest BCUT2D eigenvalue weighted by Crippen LogP contribution is -1.97. The van der Waals surface area contributed by atoms with Crippen LogP contribution in [0.4, 0.5) is 0 Å². The van der Waals surface area contributed by atoms with Gasteiger partial charge < -0.3 is 5.73 Å². The first-order valence-electron chi connectivity index (χ1n) is 6.31. The summed E-state index contributed by atoms with van der Waals surface area (Å²) in [5.41, 5.74) is 9.54. The predicted octanol–water partition coefficient (Wildman–Crippen LogP) is 3.85. The summed E-state index contributed by atoms with van der Waals surface area (Å²) in [6, 6.07) is 17.3. The smallest absolute Gasteiger partial charge is 0.0178 e. The van der Waals surface area contributed by atoms with Crippen LogP contribution in [-0.2, 0) is 13.0 Å². The van der Waals surface area contributed by atoms with Crippen molar-refractivity contribution in [3.8, 4) is 0 Å². The average molecular weight is 257 g/mol. The van der Waals surface area contributed by atoms with Gasteiger partial charge in [0.2, 0.25) is 0 Å². The molecule has 2 aromatic rings. The van der Waals surface area contributed by atoms with E-state index in [-0.39, 0.29) is 0 Å². The van der Waals surface area contributed by atoms with Crippen LogP contribution < -0.4 is 5.73 Å². The zero-order chi connectivity index (χ0) is 12.8. The quantitative estimate of drug-likeness (QED) is 0.823. The summed E-state index contributed by atoms with van der Waals surface area (Å²) in [5, 5.41) is 0. The van der Waals surface area contributed by atoms with Crippen LogP contribution in [0, 0.1) is 0 Å². The lowest BCUT2D eigenvalue weighted by molar-refractivity contribution is 1.05. The van der Waals surface area contributed by atoms with Crippen molar-refractivity contribution in [1.82, 2.24) is 0 Å². The second-order valence-corrected chi connectivity index (χ2v) is 5.62. The standard InChI is InChI=1S/C16H19NS/c1-2-18-16-8-6-13(7-9-16)10-14-4-3-5-15(11-14)12-17/h3-9,11H,2,10,12,17H2,1H3. The number of rotatable bonds is 5. The molecule has 0 aliphatic rings. The molecule has 2 rings (SSSR count). The van der Waals surface area contributed by atoms with Gasteiger partial charge in [-0.2, -0.15) is 0 Å². The molecule has 0 aliphatic carbocycles. The minimum atomic E-state index is 0.611. The van der Waals surface area contributed by atoms with Crippen LogP contribution >= 0.6 is 11.8 Å². The molecule has 94 valence electrons. The van der Waals surface area contributed by atoms with Crippen LogP contribution in [0.15, 0.2) is 53.4 Å². The predicted molar refractivity (Wildman–Crippen MR) is 80.0 cm³/mol. The lowest BCUT2D eigenvalue weighted by Gasteiger charge is -2.05. The van der Waals surface area contributed by atoms with Gasteiger partial charge >= 0.3 is 0 Å². The van der Waals surface area contributed by atoms with E-state index in [0.717, 1.165) is 12.2 Å². The molecule has 0 radical (unpaired) electrons. The fourth-order valence-corrected chi connectivity index (χ4v) is 2.63. The van der Waals surface area contributed by atoms with Crippen LogP contribution in [0.25, 0.3) is 0 Å². The molecule has 0 amide bonds. The van der Waals surface area contributed by atoms with Gasteiger partial charge in [-0.1, -0.05) is 43.3 Å². The maximum absolute atomic E-state index is 5.66. The molecule has 2 N–H and O–H groups in total. The Morgan fingerprint density at radius 3 is 2.33 bits per heavy atom. The van der Waals surface area contributed by atoms with Crippen molar-refractivity contribution in [3.05, 3.63) is 65.2 Å². The van der Waals surface area contributed by atoms with E-state index in [4.69, 9.17) is 5.73 Å². The van der Waals surface area contributed by atoms with Crippen molar-refractivity contribution in [2.24, 2.45) is 5.73 Å². The number of nitrogens with two attached hydrogens (primary N) is 1. The summed E-state index contributed by atoms with van der Waals surface area (Å²) >= 11 is 1.88. The third-order valence-electron chi connectivity index (χ3n) is 2.87. The molecule has 0 saturated heterocycles. The Balaban J connectivity index is 2.08. The largest absolute Gasteiger partial charge is 0.326 e. The Labute approximate surface area is 113 Å². The second kappa shape index (κ2) is 6.62. The van der Waals surface area contributed by atoms with E-state index in [1.165, 1.54) is 21.6 Å². The second-order valence-electron chi connectivity index (χ2n) is 4.28. The minimum absolute atomic E-state index is 0.611. The van der Waals surface area contributed by atoms with E-state index in [1.807, 2.05) is 11.8 Å². The Morgan fingerprint density at radius 2 is 1.67 bits per heavy atom. The zero-order valence-electron chi connectivity index (χ0n) is 10.7. The summed E-state index contributed by atoms with van der Waals surface area (Å²) in [4.78, 5) is 1.34. The molecule has 0 bridgehead atoms. The summed E-state index contributed by atoms with van der Waals surface area (Å²) in [6.45, 7) is 2.79. The van der Waals surface area contributed by atoms with Crippen LogP contribution in [0.3, 0.4) is 0 Å². The maximum Gasteiger partial charge on any atom is 0.0178 e. The molecule has 2 heteroatoms. The van der Waals surface area contributed by atoms with E-state index >= 15 is 0 Å². The van der Waals surface area contributed by atoms with Gasteiger partial charge in [-0.3, -0.25) is 0 Å². The average Bonchev–Trinajstić information content (AvgIpc) is 2.42. The molecule has 18 heavy (non-hydrogen) atoms. The van der Waals surface area contributed by atoms with E-state index in [2.05, 4.69) is 55.5 Å². The molecule has 0 unspecified atom stereocenters. The van der Waals surface area contributed by atoms with Crippen LogP contribution in [-0.4, -0.2) is 5.75 Å². The van der Waals surface area contributed by atoms with Crippen molar-refractivity contribution < 1.29 is 0 Å². The van der Waals surface area contributed by atoms with E-state index in [1.54, 1.807) is 0 Å². The number of hydrogen-bond acceptors (Lipinski definition) is 2. The molecular weight excluding hydrogens is 238 g/mol. The third kappa shape index (κ3) is 3.62. The highest BCUT2D eigenvalue weighted by Crippen LogP contribution is 2.19. The van der Waals surface area contributed by atoms with Crippen molar-refractivity contribution in [3.63, 3.8) is 0 Å². The highest BCUT2D eigenvalue weighted by atomic mass is 32.2. The van der Waals surface area contributed by atoms with Gasteiger partial charge in [0.25, 0.3) is 0 Å². The van der Waals surface area contributed by atoms with Crippen molar-refractivity contribution in [2.75, 3.05) is 5.75 Å². The number of hydrogen-bond donors (Lipinski definition) is 1. The minimum Gasteiger partial charge on any atom is -0.326 e. The lowest BCUT2D eigenvalue weighted by atomic mass is 10.0. The Kier molecular flexibility index (Phi) is 4.85. The van der Waals surface area contributed by atoms with Gasteiger partial charge in [0.1, 0.15) is 0 Å². The highest BCUT2D eigenvalue weighted by Gasteiger charge is 1.98. The summed E-state index contributed by atoms with van der Waals surface area (Å²) < 4.78 is 0. The first-order chi connectivity index (χ1) is 8.81. The van der Waals surface area contributed by atoms with Crippen LogP contribution in [0.1, 0.15) is 23.6 Å². The molecule has 0 fully saturated rings. The Bertz CT molecular complexity index is 491. The fourth-order valence-electron chi connectivity index (χ4n) is 1.97. The Hall–Kier alpha value is -1.25. The first-order valence-corrected chi connectivity index (χ1v) is 7.30. The van der Waals surface area contributed by atoms with Gasteiger partial charge in [0.15, 0.2) is 0 Å². The molecular formula is C16H19NS. The van der Waals surface area contributed by atoms with Gasteiger partial charge in [0.05, 0.1) is 0 Å². The van der Waals surface area contributed by atoms with Gasteiger partial charge in [0, 0.05) is 11.4 Å². The summed E-state index contributed by atoms with van der Waals surface area (Å²) in [7, 11) is 0. The van der Waals surface area contributed by atoms with Crippen LogP contribution in [0.2, 0.25) is 0 Å². The maximum atomic E-state index is 5.66. The Morgan fingerprint density at radius 1 is 0.944 bits per heavy atom. The summed E-state index contributed by atoms with van der Waals surface area (Å²) in [6.07, 6.45) is 0.977. The van der Waals surface area contributed by atoms with E-state index in [9.17, 15) is 0 Å². The van der Waals surface area contributed by atoms with Crippen molar-refractivity contribution in [1.29, 1.82) is 0 Å². The van der Waals surface area contributed by atoms with Gasteiger partial charge in [-0.15, -0.1) is 11.8 Å². The fraction of sp³-hybridized carbons (Fsp3) is 0.250. The monoisotopic (exact) mass is 257 g/mol. The zero-order valence-corrected chi connectivity index (χ0v) is 11.5. The van der Waals surface area contributed by atoms with E-state index in [0.29, 0.717) is 6.54 Å². The molecule has 2 aromatic carbocycles. The van der Waals surface area contributed by atoms with Gasteiger partial charge in [-0.25, -0.2) is 0 Å². The number of benzene rings is 2.